The van der Waals surface area contributed by atoms with E-state index in [1.165, 1.54) is 0 Å². The highest BCUT2D eigenvalue weighted by molar-refractivity contribution is 5.94. The van der Waals surface area contributed by atoms with Gasteiger partial charge < -0.3 is 14.7 Å². The quantitative estimate of drug-likeness (QED) is 0.481. The first kappa shape index (κ1) is 24.5. The summed E-state index contributed by atoms with van der Waals surface area (Å²) in [4.78, 5) is 41.4. The Labute approximate surface area is 200 Å². The molecule has 0 spiro atoms. The van der Waals surface area contributed by atoms with Crippen LogP contribution in [0, 0.1) is 16.0 Å². The molecule has 2 fully saturated rings. The van der Waals surface area contributed by atoms with Crippen molar-refractivity contribution in [2.45, 2.75) is 19.0 Å². The zero-order valence-electron chi connectivity index (χ0n) is 18.9. The van der Waals surface area contributed by atoms with Crippen LogP contribution in [0.3, 0.4) is 0 Å². The Bertz CT molecular complexity index is 1090. The fraction of sp³-hybridized carbons (Fsp3) is 0.417. The highest BCUT2D eigenvalue weighted by atomic mass is 19.4. The molecule has 0 aromatic heterocycles. The van der Waals surface area contributed by atoms with Crippen molar-refractivity contribution in [2.75, 3.05) is 44.2 Å². The van der Waals surface area contributed by atoms with E-state index in [4.69, 9.17) is 0 Å². The van der Waals surface area contributed by atoms with Gasteiger partial charge in [0.2, 0.25) is 5.91 Å². The third-order valence-corrected chi connectivity index (χ3v) is 6.58. The van der Waals surface area contributed by atoms with E-state index in [9.17, 15) is 32.9 Å². The van der Waals surface area contributed by atoms with Gasteiger partial charge in [-0.2, -0.15) is 13.2 Å². The van der Waals surface area contributed by atoms with E-state index in [-0.39, 0.29) is 23.4 Å². The topological polar surface area (TPSA) is 87.0 Å². The summed E-state index contributed by atoms with van der Waals surface area (Å²) in [5.41, 5.74) is -0.925. The molecule has 2 heterocycles. The summed E-state index contributed by atoms with van der Waals surface area (Å²) < 4.78 is 38.9. The molecule has 0 bridgehead atoms. The lowest BCUT2D eigenvalue weighted by atomic mass is 9.94. The van der Waals surface area contributed by atoms with Crippen molar-refractivity contribution in [1.82, 2.24) is 9.80 Å². The van der Waals surface area contributed by atoms with Gasteiger partial charge in [0.15, 0.2) is 0 Å². The van der Waals surface area contributed by atoms with Crippen molar-refractivity contribution in [1.29, 1.82) is 0 Å². The van der Waals surface area contributed by atoms with Crippen molar-refractivity contribution in [2.24, 2.45) is 5.92 Å². The molecule has 2 saturated heterocycles. The van der Waals surface area contributed by atoms with Gasteiger partial charge in [-0.05, 0) is 37.1 Å². The number of piperazine rings is 1. The van der Waals surface area contributed by atoms with Gasteiger partial charge in [0, 0.05) is 56.8 Å². The number of carbonyl (C=O) groups is 2. The Kier molecular flexibility index (Phi) is 6.95. The van der Waals surface area contributed by atoms with Gasteiger partial charge in [-0.1, -0.05) is 18.2 Å². The highest BCUT2D eigenvalue weighted by Gasteiger charge is 2.36. The molecule has 0 unspecified atom stereocenters. The maximum atomic E-state index is 13.0. The van der Waals surface area contributed by atoms with Gasteiger partial charge >= 0.3 is 6.18 Å². The van der Waals surface area contributed by atoms with E-state index in [1.807, 2.05) is 6.07 Å². The lowest BCUT2D eigenvalue weighted by Crippen LogP contribution is -2.53. The van der Waals surface area contributed by atoms with Gasteiger partial charge in [0.05, 0.1) is 10.5 Å². The van der Waals surface area contributed by atoms with Gasteiger partial charge in [0.25, 0.3) is 11.6 Å². The molecule has 2 amide bonds. The summed E-state index contributed by atoms with van der Waals surface area (Å²) in [6, 6.07) is 11.5. The lowest BCUT2D eigenvalue weighted by Gasteiger charge is -2.39. The molecule has 2 aliphatic rings. The Morgan fingerprint density at radius 2 is 1.49 bits per heavy atom. The van der Waals surface area contributed by atoms with Crippen LogP contribution in [0.5, 0.6) is 0 Å². The van der Waals surface area contributed by atoms with Crippen LogP contribution in [-0.2, 0) is 11.0 Å². The summed E-state index contributed by atoms with van der Waals surface area (Å²) in [5.74, 6) is -0.348. The molecule has 8 nitrogen and oxygen atoms in total. The number of rotatable bonds is 4. The Morgan fingerprint density at radius 1 is 0.886 bits per heavy atom. The molecular weight excluding hydrogens is 465 g/mol. The second-order valence-corrected chi connectivity index (χ2v) is 8.70. The molecule has 0 saturated carbocycles. The number of nitro groups is 1. The van der Waals surface area contributed by atoms with E-state index in [1.54, 1.807) is 39.0 Å². The van der Waals surface area contributed by atoms with Crippen LogP contribution in [0.4, 0.5) is 24.5 Å². The smallest absolute Gasteiger partial charge is 0.366 e. The zero-order chi connectivity index (χ0) is 25.2. The first-order valence-electron chi connectivity index (χ1n) is 11.4. The third-order valence-electron chi connectivity index (χ3n) is 6.58. The van der Waals surface area contributed by atoms with Crippen molar-refractivity contribution in [3.63, 3.8) is 0 Å². The van der Waals surface area contributed by atoms with E-state index in [2.05, 4.69) is 0 Å². The molecule has 0 radical (unpaired) electrons. The van der Waals surface area contributed by atoms with Gasteiger partial charge in [0.1, 0.15) is 5.69 Å². The molecule has 2 aromatic rings. The SMILES string of the molecule is O=C(c1ccccc1)N1CCN(C(=O)C2CCN(c3ccc(C(F)(F)F)cc3[N+](=O)[O-])CC2)CC1. The third kappa shape index (κ3) is 5.39. The summed E-state index contributed by atoms with van der Waals surface area (Å²) >= 11 is 0. The molecule has 186 valence electrons. The number of hydrogen-bond acceptors (Lipinski definition) is 5. The minimum atomic E-state index is -4.67. The maximum Gasteiger partial charge on any atom is 0.416 e. The highest BCUT2D eigenvalue weighted by Crippen LogP contribution is 2.37. The normalized spacial score (nSPS) is 17.4. The second kappa shape index (κ2) is 9.93. The number of anilines is 1. The molecule has 0 aliphatic carbocycles. The largest absolute Gasteiger partial charge is 0.416 e. The van der Waals surface area contributed by atoms with Crippen molar-refractivity contribution in [3.05, 3.63) is 69.8 Å². The number of benzene rings is 2. The fourth-order valence-corrected chi connectivity index (χ4v) is 4.63. The van der Waals surface area contributed by atoms with E-state index in [0.717, 1.165) is 12.1 Å². The molecule has 11 heteroatoms. The van der Waals surface area contributed by atoms with Crippen LogP contribution in [0.15, 0.2) is 48.5 Å². The van der Waals surface area contributed by atoms with Crippen LogP contribution in [-0.4, -0.2) is 65.8 Å². The summed E-state index contributed by atoms with van der Waals surface area (Å²) in [5, 5.41) is 11.4. The van der Waals surface area contributed by atoms with Crippen molar-refractivity contribution >= 4 is 23.2 Å². The van der Waals surface area contributed by atoms with Gasteiger partial charge in [-0.3, -0.25) is 19.7 Å². The Morgan fingerprint density at radius 3 is 2.06 bits per heavy atom. The minimum Gasteiger partial charge on any atom is -0.366 e. The van der Waals surface area contributed by atoms with Crippen molar-refractivity contribution in [3.8, 4) is 0 Å². The van der Waals surface area contributed by atoms with E-state index < -0.39 is 22.4 Å². The summed E-state index contributed by atoms with van der Waals surface area (Å²) in [6.07, 6.45) is -3.78. The number of nitro benzene ring substituents is 1. The number of alkyl halides is 3. The number of piperidine rings is 1. The average molecular weight is 490 g/mol. The standard InChI is InChI=1S/C24H25F3N4O4/c25-24(26,27)19-6-7-20(21(16-19)31(34)35)28-10-8-18(9-11-28)23(33)30-14-12-29(13-15-30)22(32)17-4-2-1-3-5-17/h1-7,16,18H,8-15H2. The molecule has 4 rings (SSSR count). The van der Waals surface area contributed by atoms with E-state index in [0.29, 0.717) is 63.7 Å². The molecular formula is C24H25F3N4O4. The summed E-state index contributed by atoms with van der Waals surface area (Å²) in [6.45, 7) is 2.40. The molecule has 0 N–H and O–H groups in total. The predicted octanol–water partition coefficient (Wildman–Crippen LogP) is 3.81. The second-order valence-electron chi connectivity index (χ2n) is 8.70. The monoisotopic (exact) mass is 490 g/mol. The van der Waals surface area contributed by atoms with Crippen LogP contribution in [0.1, 0.15) is 28.8 Å². The molecule has 2 aromatic carbocycles. The lowest BCUT2D eigenvalue weighted by molar-refractivity contribution is -0.384. The van der Waals surface area contributed by atoms with Gasteiger partial charge in [-0.25, -0.2) is 0 Å². The average Bonchev–Trinajstić information content (AvgIpc) is 2.87. The van der Waals surface area contributed by atoms with Gasteiger partial charge in [-0.15, -0.1) is 0 Å². The maximum absolute atomic E-state index is 13.0. The van der Waals surface area contributed by atoms with Crippen LogP contribution < -0.4 is 4.90 Å². The predicted molar refractivity (Wildman–Crippen MR) is 122 cm³/mol. The number of carbonyl (C=O) groups excluding carboxylic acids is 2. The molecule has 0 atom stereocenters. The molecule has 2 aliphatic heterocycles. The summed E-state index contributed by atoms with van der Waals surface area (Å²) in [7, 11) is 0. The molecule has 35 heavy (non-hydrogen) atoms. The van der Waals surface area contributed by atoms with Crippen LogP contribution >= 0.6 is 0 Å². The van der Waals surface area contributed by atoms with E-state index >= 15 is 0 Å². The number of amides is 2. The Balaban J connectivity index is 1.33. The Hall–Kier alpha value is -3.63. The first-order chi connectivity index (χ1) is 16.6. The van der Waals surface area contributed by atoms with Crippen molar-refractivity contribution < 1.29 is 27.7 Å². The number of nitrogens with zero attached hydrogens (tertiary/aromatic N) is 4. The van der Waals surface area contributed by atoms with Crippen LogP contribution in [0.2, 0.25) is 0 Å². The number of hydrogen-bond donors (Lipinski definition) is 0. The minimum absolute atomic E-state index is 0.0154. The van der Waals surface area contributed by atoms with Crippen LogP contribution in [0.25, 0.3) is 0 Å². The first-order valence-corrected chi connectivity index (χ1v) is 11.4. The number of halogens is 3. The fourth-order valence-electron chi connectivity index (χ4n) is 4.63. The zero-order valence-corrected chi connectivity index (χ0v) is 18.9.